The van der Waals surface area contributed by atoms with Crippen molar-refractivity contribution in [2.45, 2.75) is 19.4 Å². The van der Waals surface area contributed by atoms with Gasteiger partial charge in [0.25, 0.3) is 0 Å². The second-order valence-electron chi connectivity index (χ2n) is 7.65. The third kappa shape index (κ3) is 4.57. The second kappa shape index (κ2) is 8.52. The van der Waals surface area contributed by atoms with E-state index in [1.165, 1.54) is 5.70 Å². The number of hydrogen-bond donors (Lipinski definition) is 2. The first kappa shape index (κ1) is 18.6. The fourth-order valence-corrected chi connectivity index (χ4v) is 3.77. The van der Waals surface area contributed by atoms with Crippen LogP contribution in [0.3, 0.4) is 0 Å². The van der Waals surface area contributed by atoms with Crippen LogP contribution in [-0.4, -0.2) is 56.1 Å². The standard InChI is InChI=1S/C22H27N5O/c1-27-10-9-24-21-6-5-16-7-8-23-14-19(20(12-16)26-21)18-4-2-3-17(11-18)13-25-22(28)15-27/h2-6,11,14,16H,7-10,12-13,15H2,1H3,(H,24,26)(H,25,28)/b20-19-,23-14?. The van der Waals surface area contributed by atoms with Crippen LogP contribution in [0.1, 0.15) is 24.0 Å². The minimum absolute atomic E-state index is 0.0291. The number of amides is 1. The maximum absolute atomic E-state index is 12.2. The van der Waals surface area contributed by atoms with Crippen LogP contribution < -0.4 is 10.6 Å². The summed E-state index contributed by atoms with van der Waals surface area (Å²) in [7, 11) is 1.95. The highest BCUT2D eigenvalue weighted by Gasteiger charge is 2.19. The third-order valence-electron chi connectivity index (χ3n) is 5.35. The van der Waals surface area contributed by atoms with E-state index in [0.29, 0.717) is 25.6 Å². The summed E-state index contributed by atoms with van der Waals surface area (Å²) in [6.45, 7) is 3.11. The summed E-state index contributed by atoms with van der Waals surface area (Å²) in [5.74, 6) is 1.38. The van der Waals surface area contributed by atoms with E-state index in [2.05, 4.69) is 46.0 Å². The molecule has 2 N–H and O–H groups in total. The molecule has 5 bridgehead atoms. The van der Waals surface area contributed by atoms with Crippen molar-refractivity contribution in [3.05, 3.63) is 53.2 Å². The summed E-state index contributed by atoms with van der Waals surface area (Å²) in [6, 6.07) is 8.35. The summed E-state index contributed by atoms with van der Waals surface area (Å²) in [4.78, 5) is 23.6. The van der Waals surface area contributed by atoms with Gasteiger partial charge in [-0.2, -0.15) is 0 Å². The Morgan fingerprint density at radius 3 is 3.11 bits per heavy atom. The topological polar surface area (TPSA) is 69.1 Å². The molecule has 0 aliphatic carbocycles. The van der Waals surface area contributed by atoms with Crippen molar-refractivity contribution < 1.29 is 4.79 Å². The van der Waals surface area contributed by atoms with Crippen LogP contribution in [-0.2, 0) is 11.3 Å². The van der Waals surface area contributed by atoms with Gasteiger partial charge in [0.1, 0.15) is 5.84 Å². The Balaban J connectivity index is 1.77. The van der Waals surface area contributed by atoms with Gasteiger partial charge in [-0.1, -0.05) is 24.3 Å². The highest BCUT2D eigenvalue weighted by Crippen LogP contribution is 2.27. The normalized spacial score (nSPS) is 26.1. The van der Waals surface area contributed by atoms with E-state index in [1.807, 2.05) is 24.2 Å². The van der Waals surface area contributed by atoms with E-state index in [1.54, 1.807) is 0 Å². The molecule has 1 unspecified atom stereocenters. The van der Waals surface area contributed by atoms with E-state index in [4.69, 9.17) is 4.99 Å². The van der Waals surface area contributed by atoms with Gasteiger partial charge in [0, 0.05) is 37.1 Å². The van der Waals surface area contributed by atoms with Crippen molar-refractivity contribution in [3.8, 4) is 0 Å². The zero-order chi connectivity index (χ0) is 19.3. The van der Waals surface area contributed by atoms with Gasteiger partial charge in [0.15, 0.2) is 0 Å². The Morgan fingerprint density at radius 2 is 2.18 bits per heavy atom. The maximum atomic E-state index is 12.2. The lowest BCUT2D eigenvalue weighted by Gasteiger charge is -2.19. The molecular formula is C22H27N5O. The lowest BCUT2D eigenvalue weighted by atomic mass is 9.93. The predicted octanol–water partition coefficient (Wildman–Crippen LogP) is 2.00. The summed E-state index contributed by atoms with van der Waals surface area (Å²) in [6.07, 6.45) is 8.35. The minimum Gasteiger partial charge on any atom is -0.351 e. The van der Waals surface area contributed by atoms with Crippen molar-refractivity contribution in [3.63, 3.8) is 0 Å². The lowest BCUT2D eigenvalue weighted by molar-refractivity contribution is -0.122. The largest absolute Gasteiger partial charge is 0.351 e. The molecule has 1 amide bonds. The van der Waals surface area contributed by atoms with E-state index in [-0.39, 0.29) is 5.91 Å². The highest BCUT2D eigenvalue weighted by atomic mass is 16.2. The van der Waals surface area contributed by atoms with Crippen molar-refractivity contribution in [2.24, 2.45) is 15.9 Å². The lowest BCUT2D eigenvalue weighted by Crippen LogP contribution is -2.36. The molecule has 0 saturated carbocycles. The number of rotatable bonds is 0. The molecule has 0 fully saturated rings. The van der Waals surface area contributed by atoms with Gasteiger partial charge >= 0.3 is 0 Å². The zero-order valence-electron chi connectivity index (χ0n) is 16.3. The molecule has 3 aliphatic heterocycles. The molecule has 0 saturated heterocycles. The Hall–Kier alpha value is -2.73. The number of amidine groups is 1. The molecule has 3 heterocycles. The Morgan fingerprint density at radius 1 is 1.25 bits per heavy atom. The zero-order valence-corrected chi connectivity index (χ0v) is 16.3. The number of carbonyl (C=O) groups excluding carboxylic acids is 1. The second-order valence-corrected chi connectivity index (χ2v) is 7.65. The van der Waals surface area contributed by atoms with Crippen molar-refractivity contribution in [2.75, 3.05) is 33.2 Å². The molecule has 0 aromatic heterocycles. The molecule has 6 heteroatoms. The number of allylic oxidation sites excluding steroid dienone is 3. The third-order valence-corrected chi connectivity index (χ3v) is 5.35. The average Bonchev–Trinajstić information content (AvgIpc) is 2.88. The van der Waals surface area contributed by atoms with Crippen LogP contribution in [0.5, 0.6) is 0 Å². The Bertz CT molecular complexity index is 867. The number of benzene rings is 1. The first-order chi connectivity index (χ1) is 13.7. The summed E-state index contributed by atoms with van der Waals surface area (Å²) in [5.41, 5.74) is 4.49. The molecular weight excluding hydrogens is 350 g/mol. The number of aliphatic imine (C=N–C) groups is 2. The minimum atomic E-state index is 0.0291. The van der Waals surface area contributed by atoms with Gasteiger partial charge in [-0.3, -0.25) is 19.7 Å². The predicted molar refractivity (Wildman–Crippen MR) is 113 cm³/mol. The van der Waals surface area contributed by atoms with Gasteiger partial charge < -0.3 is 10.6 Å². The van der Waals surface area contributed by atoms with E-state index in [9.17, 15) is 4.79 Å². The van der Waals surface area contributed by atoms with Crippen LogP contribution in [0.15, 0.2) is 52.1 Å². The molecule has 6 nitrogen and oxygen atoms in total. The molecule has 4 rings (SSSR count). The maximum Gasteiger partial charge on any atom is 0.234 e. The van der Waals surface area contributed by atoms with Crippen LogP contribution in [0.25, 0.3) is 5.57 Å². The molecule has 1 aromatic carbocycles. The molecule has 146 valence electrons. The number of nitrogens with zero attached hydrogens (tertiary/aromatic N) is 3. The SMILES string of the molecule is CN1CCN=C2C=CC3CCN=C/C(=C(\C3)N2)c2cccc(c2)CNC(=O)C1. The van der Waals surface area contributed by atoms with Gasteiger partial charge in [0.05, 0.1) is 13.1 Å². The van der Waals surface area contributed by atoms with Crippen LogP contribution in [0, 0.1) is 5.92 Å². The number of carbonyl (C=O) groups is 1. The molecule has 1 aromatic rings. The number of likely N-dealkylation sites (N-methyl/N-ethyl adjacent to an activating group) is 1. The molecule has 0 radical (unpaired) electrons. The monoisotopic (exact) mass is 377 g/mol. The van der Waals surface area contributed by atoms with Gasteiger partial charge in [-0.25, -0.2) is 0 Å². The summed E-state index contributed by atoms with van der Waals surface area (Å²) >= 11 is 0. The molecule has 1 atom stereocenters. The van der Waals surface area contributed by atoms with Crippen molar-refractivity contribution >= 4 is 23.5 Å². The number of hydrogen-bond acceptors (Lipinski definition) is 5. The molecule has 3 aliphatic rings. The quantitative estimate of drug-likeness (QED) is 0.727. The van der Waals surface area contributed by atoms with E-state index in [0.717, 1.165) is 48.5 Å². The van der Waals surface area contributed by atoms with Gasteiger partial charge in [0.2, 0.25) is 5.91 Å². The van der Waals surface area contributed by atoms with Gasteiger partial charge in [-0.15, -0.1) is 0 Å². The first-order valence-corrected chi connectivity index (χ1v) is 9.94. The summed E-state index contributed by atoms with van der Waals surface area (Å²) < 4.78 is 0. The number of nitrogens with one attached hydrogen (secondary N) is 2. The highest BCUT2D eigenvalue weighted by molar-refractivity contribution is 6.12. The summed E-state index contributed by atoms with van der Waals surface area (Å²) in [5, 5.41) is 6.59. The fraction of sp³-hybridized carbons (Fsp3) is 0.409. The Labute approximate surface area is 166 Å². The van der Waals surface area contributed by atoms with Crippen LogP contribution in [0.4, 0.5) is 0 Å². The van der Waals surface area contributed by atoms with Gasteiger partial charge in [-0.05, 0) is 49.1 Å². The molecule has 28 heavy (non-hydrogen) atoms. The van der Waals surface area contributed by atoms with Crippen LogP contribution in [0.2, 0.25) is 0 Å². The van der Waals surface area contributed by atoms with Crippen molar-refractivity contribution in [1.82, 2.24) is 15.5 Å². The molecule has 0 spiro atoms. The average molecular weight is 377 g/mol. The Kier molecular flexibility index (Phi) is 5.67. The number of fused-ring (bicyclic) bond motifs is 5. The smallest absolute Gasteiger partial charge is 0.234 e. The first-order valence-electron chi connectivity index (χ1n) is 9.94. The fourth-order valence-electron chi connectivity index (χ4n) is 3.77. The van der Waals surface area contributed by atoms with E-state index >= 15 is 0 Å². The van der Waals surface area contributed by atoms with E-state index < -0.39 is 0 Å². The van der Waals surface area contributed by atoms with Crippen molar-refractivity contribution in [1.29, 1.82) is 0 Å². The van der Waals surface area contributed by atoms with Crippen LogP contribution >= 0.6 is 0 Å².